The van der Waals surface area contributed by atoms with Gasteiger partial charge in [-0.1, -0.05) is 203 Å². The summed E-state index contributed by atoms with van der Waals surface area (Å²) in [4.78, 5) is 8.00. The monoisotopic (exact) mass is 952 g/mol. The maximum atomic E-state index is 8.00. The van der Waals surface area contributed by atoms with Crippen LogP contribution in [0.5, 0.6) is 0 Å². The second-order valence-electron chi connectivity index (χ2n) is 13.3. The van der Waals surface area contributed by atoms with Crippen LogP contribution in [0.4, 0.5) is 0 Å². The minimum Gasteiger partial charge on any atom is -1.00 e. The van der Waals surface area contributed by atoms with Gasteiger partial charge < -0.3 is 23.3 Å². The molecular weight excluding hydrogens is 884 g/mol. The maximum Gasteiger partial charge on any atom is 3.00 e. The Morgan fingerprint density at radius 1 is 0.333 bits per heavy atom. The van der Waals surface area contributed by atoms with E-state index in [-0.39, 0.29) is 47.5 Å². The molecule has 0 bridgehead atoms. The third-order valence-corrected chi connectivity index (χ3v) is 16.2. The fourth-order valence-electron chi connectivity index (χ4n) is 6.08. The molecule has 0 atom stereocenters. The first-order chi connectivity index (χ1) is 29.2. The van der Waals surface area contributed by atoms with Gasteiger partial charge in [-0.25, -0.2) is 0 Å². The Morgan fingerprint density at radius 2 is 0.500 bits per heavy atom. The van der Waals surface area contributed by atoms with Crippen LogP contribution in [0.3, 0.4) is 0 Å². The van der Waals surface area contributed by atoms with Crippen LogP contribution in [0.2, 0.25) is 0 Å². The van der Waals surface area contributed by atoms with Crippen molar-refractivity contribution in [2.75, 3.05) is 58.1 Å². The van der Waals surface area contributed by atoms with E-state index in [1.807, 2.05) is 6.79 Å². The summed E-state index contributed by atoms with van der Waals surface area (Å²) in [6.45, 7) is 13.6. The fraction of sp³-hybridized carbons (Fsp3) is 0.288. The van der Waals surface area contributed by atoms with Gasteiger partial charge >= 0.3 is 19.5 Å². The summed E-state index contributed by atoms with van der Waals surface area (Å²) in [5.74, 6) is 0. The first-order valence-corrected chi connectivity index (χ1v) is 25.5. The molecule has 0 aromatic heterocycles. The molecule has 0 radical (unpaired) electrons. The molecule has 6 rings (SSSR count). The molecule has 4 nitrogen and oxygen atoms in total. The Hall–Kier alpha value is -3.22. The van der Waals surface area contributed by atoms with Crippen molar-refractivity contribution < 1.29 is 42.8 Å². The normalized spacial score (nSPS) is 10.4. The van der Waals surface area contributed by atoms with Crippen LogP contribution < -0.4 is 31.8 Å². The van der Waals surface area contributed by atoms with E-state index in [0.29, 0.717) is 0 Å². The van der Waals surface area contributed by atoms with E-state index in [0.717, 1.165) is 77.4 Å². The second-order valence-corrected chi connectivity index (χ2v) is 20.3. The van der Waals surface area contributed by atoms with Gasteiger partial charge in [-0.05, 0) is 93.3 Å². The molecule has 0 spiro atoms. The summed E-state index contributed by atoms with van der Waals surface area (Å²) >= 11 is 0. The van der Waals surface area contributed by atoms with Gasteiger partial charge in [-0.3, -0.25) is 0 Å². The molecule has 0 saturated heterocycles. The molecule has 0 saturated carbocycles. The van der Waals surface area contributed by atoms with Gasteiger partial charge in [0.1, 0.15) is 6.79 Å². The van der Waals surface area contributed by atoms with Crippen molar-refractivity contribution >= 4 is 62.4 Å². The number of rotatable bonds is 21. The third kappa shape index (κ3) is 21.0. The molecule has 0 fully saturated rings. The Balaban J connectivity index is 0. The Kier molecular flexibility index (Phi) is 31.2. The standard InChI is InChI=1S/3C17H21OP.CH2O.Rh.3H/c3*1-2-13-18-14-15-19(16-9-5-3-6-10-16)17-11-7-4-8-12-17;1-2;;;;/h3*3-12H,2,13-15H2,1H3;1H2;;;;/q;;;;+3;3*-1. The van der Waals surface area contributed by atoms with Crippen molar-refractivity contribution in [2.24, 2.45) is 0 Å². The number of ether oxygens (including phenoxy) is 3. The van der Waals surface area contributed by atoms with E-state index in [9.17, 15) is 0 Å². The molecule has 0 aliphatic carbocycles. The maximum absolute atomic E-state index is 8.00. The first kappa shape index (κ1) is 52.9. The molecule has 0 N–H and O–H groups in total. The molecule has 0 aliphatic heterocycles. The van der Waals surface area contributed by atoms with Crippen molar-refractivity contribution in [1.82, 2.24) is 0 Å². The molecule has 324 valence electrons. The molecule has 60 heavy (non-hydrogen) atoms. The van der Waals surface area contributed by atoms with Crippen LogP contribution in [-0.4, -0.2) is 64.9 Å². The Bertz CT molecular complexity index is 1510. The summed E-state index contributed by atoms with van der Waals surface area (Å²) < 4.78 is 17.0. The average molecular weight is 953 g/mol. The van der Waals surface area contributed by atoms with Crippen LogP contribution in [0.15, 0.2) is 182 Å². The van der Waals surface area contributed by atoms with E-state index >= 15 is 0 Å². The van der Waals surface area contributed by atoms with E-state index < -0.39 is 0 Å². The fourth-order valence-corrected chi connectivity index (χ4v) is 12.6. The Labute approximate surface area is 383 Å². The number of hydrogen-bond acceptors (Lipinski definition) is 4. The molecule has 6 aromatic rings. The van der Waals surface area contributed by atoms with Gasteiger partial charge in [0, 0.05) is 19.8 Å². The summed E-state index contributed by atoms with van der Waals surface area (Å²) in [6.07, 6.45) is 6.58. The zero-order valence-electron chi connectivity index (χ0n) is 38.8. The van der Waals surface area contributed by atoms with Gasteiger partial charge in [0.05, 0.1) is 19.8 Å². The number of hydrogen-bond donors (Lipinski definition) is 0. The van der Waals surface area contributed by atoms with Crippen molar-refractivity contribution in [3.05, 3.63) is 182 Å². The van der Waals surface area contributed by atoms with E-state index in [4.69, 9.17) is 19.0 Å². The average Bonchev–Trinajstić information content (AvgIpc) is 3.32. The molecule has 6 aromatic carbocycles. The van der Waals surface area contributed by atoms with Crippen LogP contribution in [-0.2, 0) is 38.5 Å². The SMILES string of the molecule is C=O.CCCOCCP(c1ccccc1)c1ccccc1.CCCOCCP(c1ccccc1)c1ccccc1.CCCOCCP(c1ccccc1)c1ccccc1.[H-].[H-].[H-].[Rh+3]. The molecule has 0 amide bonds. The van der Waals surface area contributed by atoms with Crippen molar-refractivity contribution in [2.45, 2.75) is 40.0 Å². The van der Waals surface area contributed by atoms with E-state index in [1.165, 1.54) is 31.8 Å². The summed E-state index contributed by atoms with van der Waals surface area (Å²) in [6, 6.07) is 64.8. The largest absolute Gasteiger partial charge is 3.00 e. The van der Waals surface area contributed by atoms with Crippen molar-refractivity contribution in [3.8, 4) is 0 Å². The summed E-state index contributed by atoms with van der Waals surface area (Å²) in [5.41, 5.74) is 0. The van der Waals surface area contributed by atoms with Gasteiger partial charge in [-0.15, -0.1) is 0 Å². The molecular formula is C52H68O4P3Rh. The third-order valence-electron chi connectivity index (χ3n) is 8.83. The minimum absolute atomic E-state index is 0. The minimum atomic E-state index is -0.292. The van der Waals surface area contributed by atoms with E-state index in [2.05, 4.69) is 203 Å². The molecule has 0 unspecified atom stereocenters. The second kappa shape index (κ2) is 35.4. The van der Waals surface area contributed by atoms with Crippen molar-refractivity contribution in [3.63, 3.8) is 0 Å². The quantitative estimate of drug-likeness (QED) is 0.0410. The molecule has 0 aliphatic rings. The predicted octanol–water partition coefficient (Wildman–Crippen LogP) is 10.8. The zero-order chi connectivity index (χ0) is 42.0. The van der Waals surface area contributed by atoms with Crippen LogP contribution in [0.1, 0.15) is 44.3 Å². The topological polar surface area (TPSA) is 44.8 Å². The predicted molar refractivity (Wildman–Crippen MR) is 266 cm³/mol. The van der Waals surface area contributed by atoms with E-state index in [1.54, 1.807) is 0 Å². The summed E-state index contributed by atoms with van der Waals surface area (Å²) in [5, 5.41) is 8.60. The van der Waals surface area contributed by atoms with Gasteiger partial charge in [0.15, 0.2) is 0 Å². The van der Waals surface area contributed by atoms with Crippen LogP contribution in [0, 0.1) is 0 Å². The van der Waals surface area contributed by atoms with Gasteiger partial charge in [0.2, 0.25) is 0 Å². The van der Waals surface area contributed by atoms with Gasteiger partial charge in [-0.2, -0.15) is 0 Å². The summed E-state index contributed by atoms with van der Waals surface area (Å²) in [7, 11) is -0.877. The van der Waals surface area contributed by atoms with Gasteiger partial charge in [0.25, 0.3) is 0 Å². The number of carbonyl (C=O) groups excluding carboxylic acids is 1. The number of carbonyl (C=O) groups is 1. The molecule has 8 heteroatoms. The Morgan fingerprint density at radius 3 is 0.650 bits per heavy atom. The zero-order valence-corrected chi connectivity index (χ0v) is 40.1. The number of benzene rings is 6. The van der Waals surface area contributed by atoms with Crippen molar-refractivity contribution in [1.29, 1.82) is 0 Å². The van der Waals surface area contributed by atoms with Crippen LogP contribution in [0.25, 0.3) is 0 Å². The van der Waals surface area contributed by atoms with Crippen LogP contribution >= 0.6 is 23.8 Å². The molecule has 0 heterocycles. The first-order valence-electron chi connectivity index (χ1n) is 20.9. The smallest absolute Gasteiger partial charge is 1.00 e.